The van der Waals surface area contributed by atoms with Gasteiger partial charge in [-0.3, -0.25) is 4.79 Å². The molecule has 0 spiro atoms. The highest BCUT2D eigenvalue weighted by Crippen LogP contribution is 2.29. The zero-order valence-electron chi connectivity index (χ0n) is 12.6. The van der Waals surface area contributed by atoms with E-state index in [1.807, 2.05) is 40.9 Å². The molecule has 0 amide bonds. The van der Waals surface area contributed by atoms with Crippen LogP contribution in [-0.4, -0.2) is 35.6 Å². The quantitative estimate of drug-likeness (QED) is 0.677. The number of thiophene rings is 2. The van der Waals surface area contributed by atoms with Crippen LogP contribution in [-0.2, 0) is 4.74 Å². The van der Waals surface area contributed by atoms with Crippen LogP contribution < -0.4 is 4.90 Å². The Morgan fingerprint density at radius 1 is 1.30 bits per heavy atom. The second kappa shape index (κ2) is 5.99. The van der Waals surface area contributed by atoms with Crippen molar-refractivity contribution in [3.63, 3.8) is 0 Å². The van der Waals surface area contributed by atoms with E-state index in [1.165, 1.54) is 22.7 Å². The van der Waals surface area contributed by atoms with Crippen LogP contribution in [0.1, 0.15) is 28.2 Å². The van der Waals surface area contributed by atoms with Gasteiger partial charge in [-0.15, -0.1) is 22.7 Å². The van der Waals surface area contributed by atoms with Crippen molar-refractivity contribution in [2.24, 2.45) is 0 Å². The van der Waals surface area contributed by atoms with E-state index in [-0.39, 0.29) is 12.0 Å². The van der Waals surface area contributed by atoms with Gasteiger partial charge < -0.3 is 9.64 Å². The van der Waals surface area contributed by atoms with Crippen molar-refractivity contribution in [2.45, 2.75) is 19.1 Å². The highest BCUT2D eigenvalue weighted by Gasteiger charge is 2.25. The van der Waals surface area contributed by atoms with Crippen LogP contribution in [0.15, 0.2) is 29.0 Å². The fourth-order valence-corrected chi connectivity index (χ4v) is 4.16. The smallest absolute Gasteiger partial charge is 0.228 e. The number of aromatic nitrogens is 2. The Hall–Kier alpha value is -1.83. The van der Waals surface area contributed by atoms with Crippen molar-refractivity contribution in [3.05, 3.63) is 39.5 Å². The van der Waals surface area contributed by atoms with E-state index in [0.717, 1.165) is 29.7 Å². The summed E-state index contributed by atoms with van der Waals surface area (Å²) in [6.45, 7) is 0.761. The van der Waals surface area contributed by atoms with Crippen LogP contribution >= 0.6 is 22.7 Å². The Morgan fingerprint density at radius 2 is 2.22 bits per heavy atom. The standard InChI is InChI=1S/C16H15N3O2S2/c1-19(12-5-2-7-21-12)16-17-10-6-9-23-15(10)13(18-16)14(20)11-4-3-8-22-11/h3-4,6,8-9,12H,2,5,7H2,1H3. The number of rotatable bonds is 4. The Kier molecular flexibility index (Phi) is 3.84. The van der Waals surface area contributed by atoms with E-state index in [2.05, 4.69) is 9.97 Å². The first-order valence-corrected chi connectivity index (χ1v) is 9.18. The first-order valence-electron chi connectivity index (χ1n) is 7.42. The molecule has 1 saturated heterocycles. The summed E-state index contributed by atoms with van der Waals surface area (Å²) < 4.78 is 6.54. The number of anilines is 1. The summed E-state index contributed by atoms with van der Waals surface area (Å²) >= 11 is 2.93. The highest BCUT2D eigenvalue weighted by molar-refractivity contribution is 7.17. The number of ether oxygens (including phenoxy) is 1. The second-order valence-corrected chi connectivity index (χ2v) is 7.26. The predicted molar refractivity (Wildman–Crippen MR) is 92.5 cm³/mol. The molecule has 1 unspecified atom stereocenters. The molecule has 4 rings (SSSR count). The van der Waals surface area contributed by atoms with E-state index in [4.69, 9.17) is 4.74 Å². The fraction of sp³-hybridized carbons (Fsp3) is 0.312. The number of carbonyl (C=O) groups excluding carboxylic acids is 1. The molecule has 1 atom stereocenters. The molecule has 0 aromatic carbocycles. The Morgan fingerprint density at radius 3 is 2.96 bits per heavy atom. The third kappa shape index (κ3) is 2.65. The average molecular weight is 345 g/mol. The number of ketones is 1. The first kappa shape index (κ1) is 14.7. The lowest BCUT2D eigenvalue weighted by Gasteiger charge is -2.23. The Bertz CT molecular complexity index is 838. The van der Waals surface area contributed by atoms with Gasteiger partial charge in [0.2, 0.25) is 11.7 Å². The Labute approximate surface area is 141 Å². The van der Waals surface area contributed by atoms with Crippen molar-refractivity contribution in [2.75, 3.05) is 18.6 Å². The van der Waals surface area contributed by atoms with E-state index >= 15 is 0 Å². The normalized spacial score (nSPS) is 17.7. The molecule has 0 saturated carbocycles. The van der Waals surface area contributed by atoms with Gasteiger partial charge in [-0.25, -0.2) is 9.97 Å². The van der Waals surface area contributed by atoms with Crippen molar-refractivity contribution in [1.29, 1.82) is 0 Å². The molecular formula is C16H15N3O2S2. The summed E-state index contributed by atoms with van der Waals surface area (Å²) in [5, 5.41) is 3.85. The number of fused-ring (bicyclic) bond motifs is 1. The summed E-state index contributed by atoms with van der Waals surface area (Å²) in [4.78, 5) is 24.6. The number of hydrogen-bond donors (Lipinski definition) is 0. The van der Waals surface area contributed by atoms with Crippen molar-refractivity contribution < 1.29 is 9.53 Å². The van der Waals surface area contributed by atoms with Gasteiger partial charge in [-0.2, -0.15) is 0 Å². The van der Waals surface area contributed by atoms with Gasteiger partial charge in [0.1, 0.15) is 11.9 Å². The summed E-state index contributed by atoms with van der Waals surface area (Å²) in [5.74, 6) is 0.500. The molecule has 0 N–H and O–H groups in total. The molecule has 3 aromatic heterocycles. The molecule has 4 heterocycles. The van der Waals surface area contributed by atoms with Gasteiger partial charge in [0.25, 0.3) is 0 Å². The highest BCUT2D eigenvalue weighted by atomic mass is 32.1. The number of hydrogen-bond acceptors (Lipinski definition) is 7. The van der Waals surface area contributed by atoms with Crippen LogP contribution in [0.2, 0.25) is 0 Å². The topological polar surface area (TPSA) is 55.3 Å². The van der Waals surface area contributed by atoms with Crippen molar-refractivity contribution >= 4 is 44.6 Å². The molecule has 1 aliphatic rings. The minimum Gasteiger partial charge on any atom is -0.358 e. The van der Waals surface area contributed by atoms with E-state index < -0.39 is 0 Å². The summed E-state index contributed by atoms with van der Waals surface area (Å²) in [7, 11) is 1.92. The first-order chi connectivity index (χ1) is 11.2. The zero-order chi connectivity index (χ0) is 15.8. The third-order valence-corrected chi connectivity index (χ3v) is 5.68. The van der Waals surface area contributed by atoms with Crippen LogP contribution in [0.3, 0.4) is 0 Å². The molecular weight excluding hydrogens is 330 g/mol. The maximum absolute atomic E-state index is 12.8. The van der Waals surface area contributed by atoms with E-state index in [0.29, 0.717) is 16.5 Å². The minimum atomic E-state index is -0.0446. The van der Waals surface area contributed by atoms with Gasteiger partial charge in [-0.1, -0.05) is 6.07 Å². The molecule has 1 fully saturated rings. The number of carbonyl (C=O) groups is 1. The van der Waals surface area contributed by atoms with E-state index in [1.54, 1.807) is 0 Å². The monoisotopic (exact) mass is 345 g/mol. The van der Waals surface area contributed by atoms with Gasteiger partial charge >= 0.3 is 0 Å². The summed E-state index contributed by atoms with van der Waals surface area (Å²) in [5.41, 5.74) is 1.29. The predicted octanol–water partition coefficient (Wildman–Crippen LogP) is 3.56. The van der Waals surface area contributed by atoms with Crippen molar-refractivity contribution in [3.8, 4) is 0 Å². The molecule has 3 aromatic rings. The molecule has 1 aliphatic heterocycles. The largest absolute Gasteiger partial charge is 0.358 e. The fourth-order valence-electron chi connectivity index (χ4n) is 2.68. The second-order valence-electron chi connectivity index (χ2n) is 5.39. The van der Waals surface area contributed by atoms with Crippen LogP contribution in [0.5, 0.6) is 0 Å². The molecule has 0 bridgehead atoms. The van der Waals surface area contributed by atoms with Crippen LogP contribution in [0.25, 0.3) is 10.2 Å². The lowest BCUT2D eigenvalue weighted by atomic mass is 10.2. The molecule has 5 nitrogen and oxygen atoms in total. The molecule has 0 radical (unpaired) electrons. The van der Waals surface area contributed by atoms with Crippen molar-refractivity contribution in [1.82, 2.24) is 9.97 Å². The third-order valence-electron chi connectivity index (χ3n) is 3.90. The SMILES string of the molecule is CN(c1nc(C(=O)c2cccs2)c2sccc2n1)C1CCCO1. The summed E-state index contributed by atoms with van der Waals surface area (Å²) in [6, 6.07) is 5.64. The average Bonchev–Trinajstić information content (AvgIpc) is 3.34. The number of nitrogens with zero attached hydrogens (tertiary/aromatic N) is 3. The van der Waals surface area contributed by atoms with Gasteiger partial charge in [0.15, 0.2) is 0 Å². The molecule has 23 heavy (non-hydrogen) atoms. The molecule has 7 heteroatoms. The van der Waals surface area contributed by atoms with Gasteiger partial charge in [-0.05, 0) is 35.7 Å². The van der Waals surface area contributed by atoms with Crippen LogP contribution in [0, 0.1) is 0 Å². The maximum Gasteiger partial charge on any atom is 0.228 e. The minimum absolute atomic E-state index is 0.0178. The zero-order valence-corrected chi connectivity index (χ0v) is 14.2. The van der Waals surface area contributed by atoms with Gasteiger partial charge in [0.05, 0.1) is 15.1 Å². The van der Waals surface area contributed by atoms with Gasteiger partial charge in [0, 0.05) is 13.7 Å². The maximum atomic E-state index is 12.8. The molecule has 118 valence electrons. The summed E-state index contributed by atoms with van der Waals surface area (Å²) in [6.07, 6.45) is 1.97. The Balaban J connectivity index is 1.79. The van der Waals surface area contributed by atoms with Crippen LogP contribution in [0.4, 0.5) is 5.95 Å². The lowest BCUT2D eigenvalue weighted by molar-refractivity contribution is 0.103. The molecule has 0 aliphatic carbocycles. The lowest BCUT2D eigenvalue weighted by Crippen LogP contribution is -2.32. The van der Waals surface area contributed by atoms with E-state index in [9.17, 15) is 4.79 Å².